The van der Waals surface area contributed by atoms with Crippen LogP contribution in [0, 0.1) is 5.41 Å². The number of aliphatic carboxylic acids is 1. The molecule has 1 aliphatic heterocycles. The second-order valence-corrected chi connectivity index (χ2v) is 5.73. The molecule has 1 aliphatic carbocycles. The van der Waals surface area contributed by atoms with Crippen LogP contribution in [0.4, 0.5) is 0 Å². The van der Waals surface area contributed by atoms with Crippen molar-refractivity contribution in [2.75, 3.05) is 13.1 Å². The van der Waals surface area contributed by atoms with E-state index in [-0.39, 0.29) is 0 Å². The number of rotatable bonds is 2. The fourth-order valence-corrected chi connectivity index (χ4v) is 3.21. The zero-order valence-electron chi connectivity index (χ0n) is 10.2. The molecular weight excluding hydrogens is 202 g/mol. The number of carbonyl (C=O) groups is 1. The van der Waals surface area contributed by atoms with Crippen LogP contribution in [0.15, 0.2) is 0 Å². The highest BCUT2D eigenvalue weighted by molar-refractivity contribution is 5.74. The monoisotopic (exact) mass is 225 g/mol. The zero-order valence-corrected chi connectivity index (χ0v) is 10.2. The van der Waals surface area contributed by atoms with Crippen molar-refractivity contribution in [3.8, 4) is 0 Å². The average Bonchev–Trinajstić information content (AvgIpc) is 2.30. The van der Waals surface area contributed by atoms with E-state index in [9.17, 15) is 9.90 Å². The molecule has 92 valence electrons. The first-order valence-electron chi connectivity index (χ1n) is 6.59. The van der Waals surface area contributed by atoms with Crippen molar-refractivity contribution < 1.29 is 9.90 Å². The molecule has 0 aromatic heterocycles. The number of carboxylic acids is 1. The van der Waals surface area contributed by atoms with Gasteiger partial charge in [0.25, 0.3) is 0 Å². The van der Waals surface area contributed by atoms with Crippen LogP contribution in [-0.2, 0) is 4.79 Å². The Bertz CT molecular complexity index is 261. The molecule has 3 nitrogen and oxygen atoms in total. The minimum Gasteiger partial charge on any atom is -0.481 e. The fourth-order valence-electron chi connectivity index (χ4n) is 3.21. The van der Waals surface area contributed by atoms with E-state index in [0.29, 0.717) is 6.04 Å². The molecule has 0 amide bonds. The molecule has 0 aromatic rings. The molecule has 1 saturated carbocycles. The number of piperidine rings is 1. The zero-order chi connectivity index (χ0) is 11.6. The Labute approximate surface area is 97.8 Å². The van der Waals surface area contributed by atoms with Gasteiger partial charge in [0.05, 0.1) is 5.41 Å². The molecule has 2 aliphatic rings. The molecular formula is C13H23NO2. The highest BCUT2D eigenvalue weighted by Gasteiger charge is 2.39. The minimum atomic E-state index is -0.618. The van der Waals surface area contributed by atoms with E-state index in [1.807, 2.05) is 6.92 Å². The molecule has 1 saturated heterocycles. The lowest BCUT2D eigenvalue weighted by Gasteiger charge is -2.43. The first kappa shape index (κ1) is 11.9. The number of likely N-dealkylation sites (tertiary alicyclic amines) is 1. The summed E-state index contributed by atoms with van der Waals surface area (Å²) in [6.45, 7) is 3.77. The molecule has 0 aromatic carbocycles. The lowest BCUT2D eigenvalue weighted by Crippen LogP contribution is -2.50. The fraction of sp³-hybridized carbons (Fsp3) is 0.923. The molecule has 1 unspecified atom stereocenters. The highest BCUT2D eigenvalue weighted by atomic mass is 16.4. The van der Waals surface area contributed by atoms with Gasteiger partial charge in [0.15, 0.2) is 0 Å². The van der Waals surface area contributed by atoms with Crippen LogP contribution < -0.4 is 0 Å². The van der Waals surface area contributed by atoms with Crippen molar-refractivity contribution in [2.45, 2.75) is 57.9 Å². The Balaban J connectivity index is 1.98. The van der Waals surface area contributed by atoms with Crippen molar-refractivity contribution in [2.24, 2.45) is 5.41 Å². The number of hydrogen-bond acceptors (Lipinski definition) is 2. The summed E-state index contributed by atoms with van der Waals surface area (Å²) < 4.78 is 0. The van der Waals surface area contributed by atoms with E-state index < -0.39 is 11.4 Å². The summed E-state index contributed by atoms with van der Waals surface area (Å²) in [5.41, 5.74) is -0.504. The van der Waals surface area contributed by atoms with Gasteiger partial charge in [-0.25, -0.2) is 0 Å². The number of carboxylic acid groups (broad SMARTS) is 1. The lowest BCUT2D eigenvalue weighted by molar-refractivity contribution is -0.152. The Morgan fingerprint density at radius 3 is 2.56 bits per heavy atom. The summed E-state index contributed by atoms with van der Waals surface area (Å²) in [5, 5.41) is 9.29. The van der Waals surface area contributed by atoms with Crippen molar-refractivity contribution in [3.63, 3.8) is 0 Å². The van der Waals surface area contributed by atoms with Gasteiger partial charge in [0, 0.05) is 12.6 Å². The topological polar surface area (TPSA) is 40.5 Å². The molecule has 1 N–H and O–H groups in total. The summed E-state index contributed by atoms with van der Waals surface area (Å²) in [6, 6.07) is 0.660. The van der Waals surface area contributed by atoms with Gasteiger partial charge in [-0.2, -0.15) is 0 Å². The Morgan fingerprint density at radius 2 is 1.94 bits per heavy atom. The largest absolute Gasteiger partial charge is 0.481 e. The van der Waals surface area contributed by atoms with Gasteiger partial charge < -0.3 is 5.11 Å². The van der Waals surface area contributed by atoms with Crippen LogP contribution in [0.5, 0.6) is 0 Å². The number of nitrogens with zero attached hydrogens (tertiary/aromatic N) is 1. The van der Waals surface area contributed by atoms with E-state index in [0.717, 1.165) is 25.9 Å². The van der Waals surface area contributed by atoms with Crippen molar-refractivity contribution >= 4 is 5.97 Å². The third-order valence-corrected chi connectivity index (χ3v) is 4.33. The van der Waals surface area contributed by atoms with Crippen LogP contribution in [0.2, 0.25) is 0 Å². The molecule has 1 heterocycles. The third-order valence-electron chi connectivity index (χ3n) is 4.33. The van der Waals surface area contributed by atoms with Gasteiger partial charge in [0.1, 0.15) is 0 Å². The summed E-state index contributed by atoms with van der Waals surface area (Å²) in [5.74, 6) is -0.618. The maximum Gasteiger partial charge on any atom is 0.310 e. The van der Waals surface area contributed by atoms with Crippen LogP contribution >= 0.6 is 0 Å². The Kier molecular flexibility index (Phi) is 3.53. The van der Waals surface area contributed by atoms with Crippen molar-refractivity contribution in [1.82, 2.24) is 4.90 Å². The highest BCUT2D eigenvalue weighted by Crippen LogP contribution is 2.33. The summed E-state index contributed by atoms with van der Waals surface area (Å²) in [6.07, 6.45) is 8.44. The first-order chi connectivity index (χ1) is 7.62. The van der Waals surface area contributed by atoms with Crippen molar-refractivity contribution in [3.05, 3.63) is 0 Å². The third kappa shape index (κ3) is 2.40. The van der Waals surface area contributed by atoms with Gasteiger partial charge in [-0.15, -0.1) is 0 Å². The van der Waals surface area contributed by atoms with E-state index in [4.69, 9.17) is 0 Å². The van der Waals surface area contributed by atoms with Crippen molar-refractivity contribution in [1.29, 1.82) is 0 Å². The second kappa shape index (κ2) is 4.74. The van der Waals surface area contributed by atoms with Gasteiger partial charge in [-0.1, -0.05) is 19.3 Å². The summed E-state index contributed by atoms with van der Waals surface area (Å²) >= 11 is 0. The van der Waals surface area contributed by atoms with Gasteiger partial charge in [-0.3, -0.25) is 9.69 Å². The standard InChI is InChI=1S/C13H23NO2/c1-13(12(15)16)8-5-9-14(10-13)11-6-3-2-4-7-11/h11H,2-10H2,1H3,(H,15,16). The van der Waals surface area contributed by atoms with E-state index >= 15 is 0 Å². The predicted molar refractivity (Wildman–Crippen MR) is 63.4 cm³/mol. The molecule has 0 spiro atoms. The molecule has 2 fully saturated rings. The lowest BCUT2D eigenvalue weighted by atomic mass is 9.80. The normalized spacial score (nSPS) is 33.8. The summed E-state index contributed by atoms with van der Waals surface area (Å²) in [7, 11) is 0. The average molecular weight is 225 g/mol. The first-order valence-corrected chi connectivity index (χ1v) is 6.59. The van der Waals surface area contributed by atoms with E-state index in [2.05, 4.69) is 4.90 Å². The number of hydrogen-bond donors (Lipinski definition) is 1. The molecule has 3 heteroatoms. The Morgan fingerprint density at radius 1 is 1.25 bits per heavy atom. The van der Waals surface area contributed by atoms with Gasteiger partial charge >= 0.3 is 5.97 Å². The maximum absolute atomic E-state index is 11.3. The minimum absolute atomic E-state index is 0.504. The van der Waals surface area contributed by atoms with E-state index in [1.54, 1.807) is 0 Å². The summed E-state index contributed by atoms with van der Waals surface area (Å²) in [4.78, 5) is 13.7. The Hall–Kier alpha value is -0.570. The quantitative estimate of drug-likeness (QED) is 0.785. The van der Waals surface area contributed by atoms with Gasteiger partial charge in [-0.05, 0) is 39.2 Å². The molecule has 1 atom stereocenters. The van der Waals surface area contributed by atoms with Crippen LogP contribution in [0.3, 0.4) is 0 Å². The molecule has 16 heavy (non-hydrogen) atoms. The smallest absolute Gasteiger partial charge is 0.310 e. The van der Waals surface area contributed by atoms with Gasteiger partial charge in [0.2, 0.25) is 0 Å². The SMILES string of the molecule is CC1(C(=O)O)CCCN(C2CCCCC2)C1. The molecule has 0 bridgehead atoms. The molecule has 2 rings (SSSR count). The second-order valence-electron chi connectivity index (χ2n) is 5.73. The van der Waals surface area contributed by atoms with E-state index in [1.165, 1.54) is 32.1 Å². The van der Waals surface area contributed by atoms with Crippen LogP contribution in [0.1, 0.15) is 51.9 Å². The predicted octanol–water partition coefficient (Wildman–Crippen LogP) is 2.51. The van der Waals surface area contributed by atoms with Crippen LogP contribution in [0.25, 0.3) is 0 Å². The maximum atomic E-state index is 11.3. The molecule has 0 radical (unpaired) electrons. The van der Waals surface area contributed by atoms with Crippen LogP contribution in [-0.4, -0.2) is 35.1 Å².